The van der Waals surface area contributed by atoms with Crippen molar-refractivity contribution in [2.75, 3.05) is 12.3 Å². The fraction of sp³-hybridized carbons (Fsp3) is 0.556. The van der Waals surface area contributed by atoms with Gasteiger partial charge < -0.3 is 20.7 Å². The van der Waals surface area contributed by atoms with E-state index < -0.39 is 36.9 Å². The van der Waals surface area contributed by atoms with Gasteiger partial charge in [0.05, 0.1) is 6.61 Å². The molecule has 1 saturated heterocycles. The van der Waals surface area contributed by atoms with Crippen LogP contribution in [-0.2, 0) is 4.74 Å². The molecule has 1 aromatic rings. The Morgan fingerprint density at radius 2 is 2.35 bits per heavy atom. The van der Waals surface area contributed by atoms with Crippen LogP contribution in [0, 0.1) is 0 Å². The van der Waals surface area contributed by atoms with Crippen LogP contribution in [0.3, 0.4) is 0 Å². The van der Waals surface area contributed by atoms with Crippen LogP contribution >= 0.6 is 0 Å². The Kier molecular flexibility index (Phi) is 3.09. The Balaban J connectivity index is 2.32. The predicted octanol–water partition coefficient (Wildman–Crippen LogP) is -1.59. The zero-order chi connectivity index (χ0) is 12.6. The zero-order valence-corrected chi connectivity index (χ0v) is 8.73. The number of anilines is 1. The van der Waals surface area contributed by atoms with Crippen molar-refractivity contribution in [3.05, 3.63) is 22.7 Å². The second-order valence-corrected chi connectivity index (χ2v) is 3.72. The molecule has 17 heavy (non-hydrogen) atoms. The lowest BCUT2D eigenvalue weighted by Crippen LogP contribution is -2.34. The van der Waals surface area contributed by atoms with E-state index in [0.717, 1.165) is 4.57 Å². The van der Waals surface area contributed by atoms with Crippen molar-refractivity contribution >= 4 is 5.82 Å². The molecule has 2 heterocycles. The maximum Gasteiger partial charge on any atom is 0.351 e. The summed E-state index contributed by atoms with van der Waals surface area (Å²) in [5.41, 5.74) is 4.55. The van der Waals surface area contributed by atoms with Gasteiger partial charge in [-0.05, 0) is 6.07 Å². The maximum absolute atomic E-state index is 13.4. The standard InChI is InChI=1S/C9H12FN3O4/c10-6-4(3-14)17-8(7(6)15)13-2-1-5(11)12-9(13)16/h1-2,4,6-8,14-15H,3H2,(H2,11,12,16)/t4-,6+,7-,8?/m1/s1. The first-order valence-corrected chi connectivity index (χ1v) is 4.97. The quantitative estimate of drug-likeness (QED) is 0.579. The topological polar surface area (TPSA) is 111 Å². The highest BCUT2D eigenvalue weighted by Crippen LogP contribution is 2.30. The normalized spacial score (nSPS) is 32.9. The number of hydrogen-bond donors (Lipinski definition) is 3. The molecule has 0 spiro atoms. The molecule has 2 rings (SSSR count). The van der Waals surface area contributed by atoms with E-state index in [0.29, 0.717) is 0 Å². The van der Waals surface area contributed by atoms with Gasteiger partial charge in [-0.25, -0.2) is 9.18 Å². The first-order valence-electron chi connectivity index (χ1n) is 4.97. The van der Waals surface area contributed by atoms with Gasteiger partial charge in [-0.1, -0.05) is 0 Å². The molecular formula is C9H12FN3O4. The smallest absolute Gasteiger partial charge is 0.351 e. The minimum atomic E-state index is -1.76. The van der Waals surface area contributed by atoms with Crippen LogP contribution < -0.4 is 11.4 Å². The molecule has 1 aromatic heterocycles. The molecule has 1 fully saturated rings. The van der Waals surface area contributed by atoms with Crippen molar-refractivity contribution in [2.24, 2.45) is 0 Å². The van der Waals surface area contributed by atoms with E-state index in [2.05, 4.69) is 4.98 Å². The van der Waals surface area contributed by atoms with Gasteiger partial charge >= 0.3 is 5.69 Å². The Morgan fingerprint density at radius 3 is 2.88 bits per heavy atom. The molecular weight excluding hydrogens is 233 g/mol. The predicted molar refractivity (Wildman–Crippen MR) is 54.8 cm³/mol. The van der Waals surface area contributed by atoms with E-state index in [1.54, 1.807) is 0 Å². The number of rotatable bonds is 2. The number of nitrogens with two attached hydrogens (primary N) is 1. The van der Waals surface area contributed by atoms with Crippen LogP contribution in [0.2, 0.25) is 0 Å². The zero-order valence-electron chi connectivity index (χ0n) is 8.73. The molecule has 4 N–H and O–H groups in total. The van der Waals surface area contributed by atoms with E-state index in [1.807, 2.05) is 0 Å². The molecule has 0 bridgehead atoms. The highest BCUT2D eigenvalue weighted by Gasteiger charge is 2.45. The van der Waals surface area contributed by atoms with Crippen molar-refractivity contribution in [3.8, 4) is 0 Å². The lowest BCUT2D eigenvalue weighted by Gasteiger charge is -2.16. The number of aromatic nitrogens is 2. The summed E-state index contributed by atoms with van der Waals surface area (Å²) in [5, 5.41) is 18.4. The molecule has 0 saturated carbocycles. The third-order valence-corrected chi connectivity index (χ3v) is 2.59. The van der Waals surface area contributed by atoms with Gasteiger partial charge in [0.15, 0.2) is 12.4 Å². The van der Waals surface area contributed by atoms with E-state index in [-0.39, 0.29) is 5.82 Å². The minimum Gasteiger partial charge on any atom is -0.394 e. The molecule has 1 unspecified atom stereocenters. The summed E-state index contributed by atoms with van der Waals surface area (Å²) >= 11 is 0. The van der Waals surface area contributed by atoms with E-state index >= 15 is 0 Å². The van der Waals surface area contributed by atoms with Gasteiger partial charge in [0, 0.05) is 6.20 Å². The number of ether oxygens (including phenoxy) is 1. The summed E-state index contributed by atoms with van der Waals surface area (Å²) in [6, 6.07) is 1.33. The number of nitrogens with zero attached hydrogens (tertiary/aromatic N) is 2. The first-order chi connectivity index (χ1) is 8.04. The fourth-order valence-corrected chi connectivity index (χ4v) is 1.71. The molecule has 4 atom stereocenters. The molecule has 1 aliphatic rings. The van der Waals surface area contributed by atoms with E-state index in [9.17, 15) is 14.3 Å². The van der Waals surface area contributed by atoms with Crippen LogP contribution in [0.5, 0.6) is 0 Å². The number of hydrogen-bond acceptors (Lipinski definition) is 6. The third kappa shape index (κ3) is 2.02. The first kappa shape index (κ1) is 12.0. The SMILES string of the molecule is Nc1ccn(C2O[C@H](CO)[C@H](F)[C@H]2O)c(=O)n1. The largest absolute Gasteiger partial charge is 0.394 e. The molecule has 8 heteroatoms. The van der Waals surface area contributed by atoms with Crippen LogP contribution in [0.4, 0.5) is 10.2 Å². The van der Waals surface area contributed by atoms with Gasteiger partial charge in [0.2, 0.25) is 0 Å². The monoisotopic (exact) mass is 245 g/mol. The average Bonchev–Trinajstić information content (AvgIpc) is 2.57. The maximum atomic E-state index is 13.4. The molecule has 0 aromatic carbocycles. The Bertz CT molecular complexity index is 466. The molecule has 1 aliphatic heterocycles. The Morgan fingerprint density at radius 1 is 1.65 bits per heavy atom. The molecule has 0 aliphatic carbocycles. The summed E-state index contributed by atoms with van der Waals surface area (Å²) in [5.74, 6) is 0.0224. The average molecular weight is 245 g/mol. The Labute approximate surface area is 95.3 Å². The van der Waals surface area contributed by atoms with Crippen LogP contribution in [-0.4, -0.2) is 44.8 Å². The fourth-order valence-electron chi connectivity index (χ4n) is 1.71. The molecule has 0 amide bonds. The lowest BCUT2D eigenvalue weighted by molar-refractivity contribution is -0.0536. The van der Waals surface area contributed by atoms with Crippen LogP contribution in [0.1, 0.15) is 6.23 Å². The summed E-state index contributed by atoms with van der Waals surface area (Å²) in [4.78, 5) is 14.9. The van der Waals surface area contributed by atoms with E-state index in [1.165, 1.54) is 12.3 Å². The van der Waals surface area contributed by atoms with Gasteiger partial charge in [-0.2, -0.15) is 4.98 Å². The highest BCUT2D eigenvalue weighted by molar-refractivity contribution is 5.23. The number of aliphatic hydroxyl groups is 2. The second-order valence-electron chi connectivity index (χ2n) is 3.72. The number of alkyl halides is 1. The highest BCUT2D eigenvalue weighted by atomic mass is 19.1. The number of halogens is 1. The van der Waals surface area contributed by atoms with Crippen LogP contribution in [0.25, 0.3) is 0 Å². The lowest BCUT2D eigenvalue weighted by atomic mass is 10.1. The van der Waals surface area contributed by atoms with Crippen molar-refractivity contribution in [1.29, 1.82) is 0 Å². The molecule has 0 radical (unpaired) electrons. The molecule has 94 valence electrons. The van der Waals surface area contributed by atoms with Crippen molar-refractivity contribution in [2.45, 2.75) is 24.6 Å². The van der Waals surface area contributed by atoms with Crippen molar-refractivity contribution in [1.82, 2.24) is 9.55 Å². The van der Waals surface area contributed by atoms with Crippen LogP contribution in [0.15, 0.2) is 17.1 Å². The summed E-state index contributed by atoms with van der Waals surface area (Å²) < 4.78 is 19.4. The van der Waals surface area contributed by atoms with Gasteiger partial charge in [0.25, 0.3) is 0 Å². The number of nitrogen functional groups attached to an aromatic ring is 1. The molecule has 7 nitrogen and oxygen atoms in total. The second kappa shape index (κ2) is 4.40. The summed E-state index contributed by atoms with van der Waals surface area (Å²) in [6.45, 7) is -0.578. The number of aliphatic hydroxyl groups excluding tert-OH is 2. The minimum absolute atomic E-state index is 0.0224. The Hall–Kier alpha value is -1.51. The van der Waals surface area contributed by atoms with E-state index in [4.69, 9.17) is 15.6 Å². The van der Waals surface area contributed by atoms with Gasteiger partial charge in [-0.15, -0.1) is 0 Å². The third-order valence-electron chi connectivity index (χ3n) is 2.59. The van der Waals surface area contributed by atoms with Crippen molar-refractivity contribution < 1.29 is 19.3 Å². The van der Waals surface area contributed by atoms with Gasteiger partial charge in [0.1, 0.15) is 18.0 Å². The van der Waals surface area contributed by atoms with Crippen molar-refractivity contribution in [3.63, 3.8) is 0 Å². The summed E-state index contributed by atoms with van der Waals surface area (Å²) in [6.07, 6.45) is -4.39. The van der Waals surface area contributed by atoms with Gasteiger partial charge in [-0.3, -0.25) is 4.57 Å². The summed E-state index contributed by atoms with van der Waals surface area (Å²) in [7, 11) is 0.